The Kier molecular flexibility index (Phi) is 6.53. The molecule has 1 aliphatic heterocycles. The Morgan fingerprint density at radius 2 is 2.03 bits per heavy atom. The summed E-state index contributed by atoms with van der Waals surface area (Å²) in [5, 5.41) is 13.5. The maximum absolute atomic E-state index is 13.2. The maximum Gasteiger partial charge on any atom is 0.249 e. The first kappa shape index (κ1) is 20.8. The quantitative estimate of drug-likeness (QED) is 0.733. The van der Waals surface area contributed by atoms with Crippen LogP contribution in [0.25, 0.3) is 0 Å². The molecule has 2 amide bonds. The minimum atomic E-state index is -0.907. The first-order chi connectivity index (χ1) is 13.9. The van der Waals surface area contributed by atoms with Crippen LogP contribution in [-0.4, -0.2) is 35.3 Å². The van der Waals surface area contributed by atoms with Crippen molar-refractivity contribution < 1.29 is 9.59 Å². The highest BCUT2D eigenvalue weighted by molar-refractivity contribution is 6.31. The number of rotatable bonds is 7. The predicted molar refractivity (Wildman–Crippen MR) is 111 cm³/mol. The van der Waals surface area contributed by atoms with Crippen LogP contribution in [0, 0.1) is 17.8 Å². The second-order valence-corrected chi connectivity index (χ2v) is 7.49. The molecule has 2 aromatic rings. The van der Waals surface area contributed by atoms with Crippen LogP contribution in [0.5, 0.6) is 0 Å². The van der Waals surface area contributed by atoms with Crippen LogP contribution < -0.4 is 11.1 Å². The SMILES string of the molecule is N#CC1(N(Cc2ccccc2)C(=O)[CH]Cc2ccc(Cl)cc2C(N)=O)CCNC1. The van der Waals surface area contributed by atoms with Crippen molar-refractivity contribution in [2.75, 3.05) is 13.1 Å². The van der Waals surface area contributed by atoms with Gasteiger partial charge in [-0.3, -0.25) is 9.59 Å². The Bertz CT molecular complexity index is 934. The number of nitriles is 1. The van der Waals surface area contributed by atoms with E-state index in [0.29, 0.717) is 36.6 Å². The van der Waals surface area contributed by atoms with Gasteiger partial charge in [0.15, 0.2) is 0 Å². The van der Waals surface area contributed by atoms with Gasteiger partial charge in [0.05, 0.1) is 12.5 Å². The normalized spacial score (nSPS) is 18.2. The van der Waals surface area contributed by atoms with Gasteiger partial charge in [0.1, 0.15) is 5.54 Å². The smallest absolute Gasteiger partial charge is 0.249 e. The molecule has 7 heteroatoms. The van der Waals surface area contributed by atoms with Gasteiger partial charge in [-0.1, -0.05) is 48.0 Å². The molecule has 0 spiro atoms. The molecule has 0 saturated carbocycles. The summed E-state index contributed by atoms with van der Waals surface area (Å²) in [5.74, 6) is -0.859. The third-order valence-corrected chi connectivity index (χ3v) is 5.38. The van der Waals surface area contributed by atoms with Crippen molar-refractivity contribution in [3.05, 3.63) is 76.7 Å². The molecule has 1 radical (unpaired) electrons. The van der Waals surface area contributed by atoms with E-state index in [4.69, 9.17) is 17.3 Å². The summed E-state index contributed by atoms with van der Waals surface area (Å²) in [6.45, 7) is 1.42. The number of nitrogens with one attached hydrogen (secondary N) is 1. The summed E-state index contributed by atoms with van der Waals surface area (Å²) in [6.07, 6.45) is 2.27. The average Bonchev–Trinajstić information content (AvgIpc) is 3.21. The van der Waals surface area contributed by atoms with Crippen molar-refractivity contribution in [2.45, 2.75) is 24.9 Å². The molecule has 29 heavy (non-hydrogen) atoms. The molecule has 0 aromatic heterocycles. The van der Waals surface area contributed by atoms with Crippen LogP contribution in [-0.2, 0) is 17.8 Å². The fraction of sp³-hybridized carbons (Fsp3) is 0.273. The first-order valence-corrected chi connectivity index (χ1v) is 9.72. The van der Waals surface area contributed by atoms with E-state index in [2.05, 4.69) is 11.4 Å². The van der Waals surface area contributed by atoms with E-state index < -0.39 is 11.4 Å². The zero-order valence-electron chi connectivity index (χ0n) is 15.9. The topological polar surface area (TPSA) is 99.2 Å². The summed E-state index contributed by atoms with van der Waals surface area (Å²) in [7, 11) is 0. The van der Waals surface area contributed by atoms with E-state index in [9.17, 15) is 14.9 Å². The second kappa shape index (κ2) is 9.08. The lowest BCUT2D eigenvalue weighted by atomic mass is 9.95. The van der Waals surface area contributed by atoms with Gasteiger partial charge in [-0.15, -0.1) is 0 Å². The van der Waals surface area contributed by atoms with Gasteiger partial charge in [0.25, 0.3) is 0 Å². The number of benzene rings is 2. The van der Waals surface area contributed by atoms with Crippen molar-refractivity contribution in [3.63, 3.8) is 0 Å². The Labute approximate surface area is 175 Å². The van der Waals surface area contributed by atoms with E-state index in [1.54, 1.807) is 17.0 Å². The fourth-order valence-corrected chi connectivity index (χ4v) is 3.71. The van der Waals surface area contributed by atoms with Crippen LogP contribution in [0.2, 0.25) is 5.02 Å². The molecule has 3 N–H and O–H groups in total. The van der Waals surface area contributed by atoms with Gasteiger partial charge in [0.2, 0.25) is 11.8 Å². The van der Waals surface area contributed by atoms with E-state index in [-0.39, 0.29) is 17.9 Å². The van der Waals surface area contributed by atoms with Crippen molar-refractivity contribution >= 4 is 23.4 Å². The van der Waals surface area contributed by atoms with E-state index >= 15 is 0 Å². The monoisotopic (exact) mass is 409 g/mol. The number of primary amides is 1. The minimum absolute atomic E-state index is 0.217. The Morgan fingerprint density at radius 3 is 2.66 bits per heavy atom. The number of hydrogen-bond acceptors (Lipinski definition) is 4. The molecule has 1 heterocycles. The molecular weight excluding hydrogens is 388 g/mol. The lowest BCUT2D eigenvalue weighted by molar-refractivity contribution is -0.132. The summed E-state index contributed by atoms with van der Waals surface area (Å²) in [4.78, 5) is 26.5. The Hall–Kier alpha value is -2.88. The first-order valence-electron chi connectivity index (χ1n) is 9.34. The zero-order chi connectivity index (χ0) is 20.9. The standard InChI is InChI=1S/C22H22ClN4O2/c23-18-8-6-17(19(12-18)21(25)29)7-9-20(28)27(13-16-4-2-1-3-5-16)22(14-24)10-11-26-15-22/h1-6,8-9,12,26H,7,10-11,13,15H2,(H2,25,29). The molecular formula is C22H22ClN4O2. The van der Waals surface area contributed by atoms with Gasteiger partial charge >= 0.3 is 0 Å². The van der Waals surface area contributed by atoms with Crippen molar-refractivity contribution in [1.82, 2.24) is 10.2 Å². The molecule has 1 fully saturated rings. The molecule has 2 aromatic carbocycles. The molecule has 3 rings (SSSR count). The van der Waals surface area contributed by atoms with Gasteiger partial charge in [-0.2, -0.15) is 5.26 Å². The zero-order valence-corrected chi connectivity index (χ0v) is 16.7. The number of halogens is 1. The van der Waals surface area contributed by atoms with E-state index in [1.807, 2.05) is 30.3 Å². The number of carbonyl (C=O) groups is 2. The van der Waals surface area contributed by atoms with Crippen molar-refractivity contribution in [3.8, 4) is 6.07 Å². The van der Waals surface area contributed by atoms with Crippen molar-refractivity contribution in [2.24, 2.45) is 5.73 Å². The van der Waals surface area contributed by atoms with Crippen LogP contribution in [0.1, 0.15) is 27.9 Å². The fourth-order valence-electron chi connectivity index (χ4n) is 3.53. The second-order valence-electron chi connectivity index (χ2n) is 7.05. The average molecular weight is 410 g/mol. The van der Waals surface area contributed by atoms with Crippen molar-refractivity contribution in [1.29, 1.82) is 5.26 Å². The molecule has 149 valence electrons. The van der Waals surface area contributed by atoms with Gasteiger partial charge in [0, 0.05) is 23.7 Å². The highest BCUT2D eigenvalue weighted by Crippen LogP contribution is 2.26. The highest BCUT2D eigenvalue weighted by atomic mass is 35.5. The number of amides is 2. The number of nitrogens with two attached hydrogens (primary N) is 1. The third kappa shape index (κ3) is 4.76. The summed E-state index contributed by atoms with van der Waals surface area (Å²) in [5.41, 5.74) is 6.38. The highest BCUT2D eigenvalue weighted by Gasteiger charge is 2.42. The Balaban J connectivity index is 1.82. The molecule has 0 bridgehead atoms. The molecule has 1 unspecified atom stereocenters. The molecule has 1 atom stereocenters. The maximum atomic E-state index is 13.2. The minimum Gasteiger partial charge on any atom is -0.366 e. The summed E-state index contributed by atoms with van der Waals surface area (Å²) < 4.78 is 0. The molecule has 0 aliphatic carbocycles. The molecule has 1 aliphatic rings. The molecule has 6 nitrogen and oxygen atoms in total. The van der Waals surface area contributed by atoms with Crippen LogP contribution in [0.3, 0.4) is 0 Å². The number of hydrogen-bond donors (Lipinski definition) is 2. The van der Waals surface area contributed by atoms with E-state index in [0.717, 1.165) is 5.56 Å². The lowest BCUT2D eigenvalue weighted by Gasteiger charge is -2.35. The van der Waals surface area contributed by atoms with E-state index in [1.165, 1.54) is 12.5 Å². The van der Waals surface area contributed by atoms with Crippen LogP contribution in [0.15, 0.2) is 48.5 Å². The van der Waals surface area contributed by atoms with Gasteiger partial charge in [-0.25, -0.2) is 0 Å². The number of carbonyl (C=O) groups excluding carboxylic acids is 2. The Morgan fingerprint density at radius 1 is 1.28 bits per heavy atom. The summed E-state index contributed by atoms with van der Waals surface area (Å²) in [6, 6.07) is 16.8. The largest absolute Gasteiger partial charge is 0.366 e. The summed E-state index contributed by atoms with van der Waals surface area (Å²) >= 11 is 5.95. The third-order valence-electron chi connectivity index (χ3n) is 5.14. The van der Waals surface area contributed by atoms with Crippen LogP contribution in [0.4, 0.5) is 0 Å². The lowest BCUT2D eigenvalue weighted by Crippen LogP contribution is -2.52. The van der Waals surface area contributed by atoms with Crippen LogP contribution >= 0.6 is 11.6 Å². The predicted octanol–water partition coefficient (Wildman–Crippen LogP) is 2.47. The number of nitrogens with zero attached hydrogens (tertiary/aromatic N) is 2. The van der Waals surface area contributed by atoms with Gasteiger partial charge < -0.3 is 16.0 Å². The van der Waals surface area contributed by atoms with Gasteiger partial charge in [-0.05, 0) is 42.6 Å². The molecule has 1 saturated heterocycles.